The Hall–Kier alpha value is -3.14. The van der Waals surface area contributed by atoms with Crippen molar-refractivity contribution in [3.8, 4) is 5.75 Å². The lowest BCUT2D eigenvalue weighted by atomic mass is 10.2. The van der Waals surface area contributed by atoms with Gasteiger partial charge in [0.05, 0.1) is 26.9 Å². The van der Waals surface area contributed by atoms with Crippen LogP contribution in [0, 0.1) is 6.92 Å². The molecule has 3 N–H and O–H groups in total. The highest BCUT2D eigenvalue weighted by molar-refractivity contribution is 7.92. The van der Waals surface area contributed by atoms with Crippen LogP contribution in [0.4, 0.5) is 11.4 Å². The third-order valence-electron chi connectivity index (χ3n) is 4.95. The van der Waals surface area contributed by atoms with Crippen LogP contribution in [0.2, 0.25) is 10.2 Å². The largest absolute Gasteiger partial charge is 0.506 e. The van der Waals surface area contributed by atoms with Gasteiger partial charge in [0.2, 0.25) is 5.91 Å². The Labute approximate surface area is 206 Å². The number of benzene rings is 2. The number of aryl methyl sites for hydroxylation is 1. The first-order valence-electron chi connectivity index (χ1n) is 10.1. The molecule has 0 radical (unpaired) electrons. The molecule has 0 aliphatic heterocycles. The number of carbonyl (C=O) groups is 2. The molecule has 11 heteroatoms. The molecule has 0 aliphatic carbocycles. The van der Waals surface area contributed by atoms with Crippen molar-refractivity contribution >= 4 is 56.2 Å². The van der Waals surface area contributed by atoms with E-state index in [0.29, 0.717) is 0 Å². The van der Waals surface area contributed by atoms with Crippen molar-refractivity contribution < 1.29 is 23.1 Å². The van der Waals surface area contributed by atoms with Gasteiger partial charge in [-0.05, 0) is 49.2 Å². The van der Waals surface area contributed by atoms with Gasteiger partial charge in [-0.1, -0.05) is 42.3 Å². The molecule has 0 saturated heterocycles. The summed E-state index contributed by atoms with van der Waals surface area (Å²) >= 11 is 12.2. The number of sulfone groups is 1. The van der Waals surface area contributed by atoms with Crippen molar-refractivity contribution in [3.05, 3.63) is 76.0 Å². The predicted molar refractivity (Wildman–Crippen MR) is 131 cm³/mol. The molecule has 0 aliphatic rings. The van der Waals surface area contributed by atoms with Gasteiger partial charge in [0.25, 0.3) is 5.91 Å². The van der Waals surface area contributed by atoms with E-state index in [9.17, 15) is 23.1 Å². The van der Waals surface area contributed by atoms with E-state index >= 15 is 0 Å². The molecule has 1 heterocycles. The molecule has 34 heavy (non-hydrogen) atoms. The molecular formula is C23H21Cl2N3O5S. The maximum atomic E-state index is 13.0. The maximum Gasteiger partial charge on any atom is 0.258 e. The lowest BCUT2D eigenvalue weighted by Gasteiger charge is -2.18. The number of anilines is 2. The standard InChI is InChI=1S/C23H21Cl2N3O5S/c1-3-20(34(32,33)14-7-4-6-13(2)10-14)23(31)27-17-12-19(29)18(11-16(17)24)28-22(30)15-8-5-9-26-21(15)25/h4-12,20,29H,3H2,1-2H3,(H,27,31)(H,28,30). The van der Waals surface area contributed by atoms with Gasteiger partial charge in [0.15, 0.2) is 9.84 Å². The van der Waals surface area contributed by atoms with Gasteiger partial charge in [-0.3, -0.25) is 9.59 Å². The van der Waals surface area contributed by atoms with Crippen LogP contribution >= 0.6 is 23.2 Å². The van der Waals surface area contributed by atoms with Crippen LogP contribution in [-0.4, -0.2) is 35.6 Å². The van der Waals surface area contributed by atoms with Crippen molar-refractivity contribution in [1.82, 2.24) is 4.98 Å². The fourth-order valence-corrected chi connectivity index (χ4v) is 5.36. The Bertz CT molecular complexity index is 1360. The minimum absolute atomic E-state index is 0.0144. The van der Waals surface area contributed by atoms with Crippen molar-refractivity contribution in [2.24, 2.45) is 0 Å². The molecule has 3 aromatic rings. The van der Waals surface area contributed by atoms with Crippen molar-refractivity contribution in [1.29, 1.82) is 0 Å². The zero-order chi connectivity index (χ0) is 25.0. The first-order chi connectivity index (χ1) is 16.0. The number of pyridine rings is 1. The smallest absolute Gasteiger partial charge is 0.258 e. The van der Waals surface area contributed by atoms with Gasteiger partial charge >= 0.3 is 0 Å². The SMILES string of the molecule is CCC(C(=O)Nc1cc(O)c(NC(=O)c2cccnc2Cl)cc1Cl)S(=O)(=O)c1cccc(C)c1. The number of rotatable bonds is 7. The average molecular weight is 522 g/mol. The minimum Gasteiger partial charge on any atom is -0.506 e. The fraction of sp³-hybridized carbons (Fsp3) is 0.174. The second-order valence-corrected chi connectivity index (χ2v) is 10.3. The zero-order valence-corrected chi connectivity index (χ0v) is 20.5. The van der Waals surface area contributed by atoms with Gasteiger partial charge in [-0.15, -0.1) is 0 Å². The molecule has 0 saturated carbocycles. The molecule has 3 rings (SSSR count). The maximum absolute atomic E-state index is 13.0. The summed E-state index contributed by atoms with van der Waals surface area (Å²) in [6.45, 7) is 3.34. The normalized spacial score (nSPS) is 12.1. The number of carbonyl (C=O) groups excluding carboxylic acids is 2. The Balaban J connectivity index is 1.82. The van der Waals surface area contributed by atoms with Crippen LogP contribution in [0.25, 0.3) is 0 Å². The Morgan fingerprint density at radius 2 is 1.79 bits per heavy atom. The highest BCUT2D eigenvalue weighted by Gasteiger charge is 2.33. The Kier molecular flexibility index (Phi) is 7.81. The first kappa shape index (κ1) is 25.5. The number of phenolic OH excluding ortho intramolecular Hbond substituents is 1. The topological polar surface area (TPSA) is 125 Å². The number of nitrogens with one attached hydrogen (secondary N) is 2. The lowest BCUT2D eigenvalue weighted by molar-refractivity contribution is -0.115. The van der Waals surface area contributed by atoms with E-state index in [1.54, 1.807) is 26.0 Å². The van der Waals surface area contributed by atoms with Crippen molar-refractivity contribution in [3.63, 3.8) is 0 Å². The number of halogens is 2. The summed E-state index contributed by atoms with van der Waals surface area (Å²) in [4.78, 5) is 29.2. The third-order valence-corrected chi connectivity index (χ3v) is 7.77. The summed E-state index contributed by atoms with van der Waals surface area (Å²) in [5.41, 5.74) is 0.783. The Morgan fingerprint density at radius 3 is 2.44 bits per heavy atom. The highest BCUT2D eigenvalue weighted by atomic mass is 35.5. The van der Waals surface area contributed by atoms with Crippen LogP contribution in [0.5, 0.6) is 5.75 Å². The van der Waals surface area contributed by atoms with E-state index in [-0.39, 0.29) is 38.4 Å². The molecule has 0 bridgehead atoms. The molecule has 2 amide bonds. The van der Waals surface area contributed by atoms with E-state index in [1.807, 2.05) is 0 Å². The lowest BCUT2D eigenvalue weighted by Crippen LogP contribution is -2.34. The van der Waals surface area contributed by atoms with E-state index in [1.165, 1.54) is 36.5 Å². The van der Waals surface area contributed by atoms with Gasteiger partial charge in [-0.25, -0.2) is 13.4 Å². The predicted octanol–water partition coefficient (Wildman–Crippen LogP) is 4.85. The van der Waals surface area contributed by atoms with Gasteiger partial charge in [-0.2, -0.15) is 0 Å². The molecule has 2 aromatic carbocycles. The molecule has 178 valence electrons. The number of phenols is 1. The monoisotopic (exact) mass is 521 g/mol. The summed E-state index contributed by atoms with van der Waals surface area (Å²) in [7, 11) is -3.97. The summed E-state index contributed by atoms with van der Waals surface area (Å²) in [6.07, 6.45) is 1.44. The number of hydrogen-bond donors (Lipinski definition) is 3. The highest BCUT2D eigenvalue weighted by Crippen LogP contribution is 2.35. The van der Waals surface area contributed by atoms with E-state index in [2.05, 4.69) is 15.6 Å². The quantitative estimate of drug-likeness (QED) is 0.301. The van der Waals surface area contributed by atoms with Crippen molar-refractivity contribution in [2.75, 3.05) is 10.6 Å². The number of hydrogen-bond acceptors (Lipinski definition) is 6. The number of amides is 2. The second-order valence-electron chi connectivity index (χ2n) is 7.39. The van der Waals surface area contributed by atoms with E-state index in [0.717, 1.165) is 11.6 Å². The fourth-order valence-electron chi connectivity index (χ4n) is 3.22. The summed E-state index contributed by atoms with van der Waals surface area (Å²) in [5.74, 6) is -1.83. The minimum atomic E-state index is -3.97. The van der Waals surface area contributed by atoms with E-state index in [4.69, 9.17) is 23.2 Å². The second kappa shape index (κ2) is 10.4. The molecule has 0 spiro atoms. The first-order valence-corrected chi connectivity index (χ1v) is 12.4. The molecule has 0 fully saturated rings. The van der Waals surface area contributed by atoms with E-state index < -0.39 is 32.7 Å². The van der Waals surface area contributed by atoms with Crippen LogP contribution in [0.15, 0.2) is 59.6 Å². The van der Waals surface area contributed by atoms with Crippen LogP contribution in [0.3, 0.4) is 0 Å². The Morgan fingerprint density at radius 1 is 1.06 bits per heavy atom. The van der Waals surface area contributed by atoms with Gasteiger partial charge in [0, 0.05) is 12.3 Å². The third kappa shape index (κ3) is 5.49. The van der Waals surface area contributed by atoms with Crippen LogP contribution in [-0.2, 0) is 14.6 Å². The zero-order valence-electron chi connectivity index (χ0n) is 18.2. The molecular weight excluding hydrogens is 501 g/mol. The molecule has 1 aromatic heterocycles. The van der Waals surface area contributed by atoms with Gasteiger partial charge in [0.1, 0.15) is 16.2 Å². The summed E-state index contributed by atoms with van der Waals surface area (Å²) in [6, 6.07) is 11.6. The van der Waals surface area contributed by atoms with Crippen molar-refractivity contribution in [2.45, 2.75) is 30.4 Å². The summed E-state index contributed by atoms with van der Waals surface area (Å²) < 4.78 is 26.1. The number of aromatic hydroxyl groups is 1. The number of aromatic nitrogens is 1. The van der Waals surface area contributed by atoms with Gasteiger partial charge < -0.3 is 15.7 Å². The van der Waals surface area contributed by atoms with Crippen LogP contribution in [0.1, 0.15) is 29.3 Å². The van der Waals surface area contributed by atoms with Crippen LogP contribution < -0.4 is 10.6 Å². The number of nitrogens with zero attached hydrogens (tertiary/aromatic N) is 1. The molecule has 8 nitrogen and oxygen atoms in total. The average Bonchev–Trinajstić information content (AvgIpc) is 2.77. The molecule has 1 atom stereocenters. The summed E-state index contributed by atoms with van der Waals surface area (Å²) in [5, 5.41) is 13.9. The molecule has 1 unspecified atom stereocenters.